The molecule has 0 fully saturated rings. The predicted octanol–water partition coefficient (Wildman–Crippen LogP) is 10.9. The zero-order chi connectivity index (χ0) is 33.0. The maximum absolute atomic E-state index is 6.58. The molecule has 0 spiro atoms. The van der Waals surface area contributed by atoms with Crippen LogP contribution in [-0.2, 0) is 0 Å². The van der Waals surface area contributed by atoms with Gasteiger partial charge in [0.15, 0.2) is 23.1 Å². The monoisotopic (exact) mass is 641 g/mol. The molecule has 0 saturated carbocycles. The van der Waals surface area contributed by atoms with Gasteiger partial charge in [0.2, 0.25) is 5.89 Å². The van der Waals surface area contributed by atoms with Gasteiger partial charge in [-0.15, -0.1) is 0 Å². The van der Waals surface area contributed by atoms with Crippen LogP contribution in [0.2, 0.25) is 0 Å². The molecule has 0 N–H and O–H groups in total. The van der Waals surface area contributed by atoms with Crippen molar-refractivity contribution in [3.8, 4) is 51.3 Å². The zero-order valence-electron chi connectivity index (χ0n) is 26.7. The second-order valence-corrected chi connectivity index (χ2v) is 12.3. The zero-order valence-corrected chi connectivity index (χ0v) is 26.7. The molecule has 0 aliphatic heterocycles. The minimum atomic E-state index is 0.520. The van der Waals surface area contributed by atoms with Gasteiger partial charge in [0, 0.05) is 33.2 Å². The second kappa shape index (κ2) is 11.4. The van der Waals surface area contributed by atoms with Crippen molar-refractivity contribution in [2.75, 3.05) is 0 Å². The van der Waals surface area contributed by atoms with E-state index < -0.39 is 0 Å². The molecule has 50 heavy (non-hydrogen) atoms. The molecule has 10 rings (SSSR count). The summed E-state index contributed by atoms with van der Waals surface area (Å²) in [5.41, 5.74) is 8.24. The summed E-state index contributed by atoms with van der Waals surface area (Å²) in [6.45, 7) is 0. The summed E-state index contributed by atoms with van der Waals surface area (Å²) in [6, 6.07) is 55.8. The summed E-state index contributed by atoms with van der Waals surface area (Å²) in [5, 5.41) is 4.51. The third-order valence-corrected chi connectivity index (χ3v) is 9.29. The topological polar surface area (TPSA) is 69.6 Å². The van der Waals surface area contributed by atoms with Crippen LogP contribution in [0.3, 0.4) is 0 Å². The number of fused-ring (bicyclic) bond motifs is 5. The van der Waals surface area contributed by atoms with Gasteiger partial charge in [-0.05, 0) is 65.4 Å². The first-order valence-electron chi connectivity index (χ1n) is 16.6. The lowest BCUT2D eigenvalue weighted by Crippen LogP contribution is -2.00. The Kier molecular flexibility index (Phi) is 6.39. The van der Waals surface area contributed by atoms with Crippen LogP contribution in [-0.4, -0.2) is 24.5 Å². The van der Waals surface area contributed by atoms with E-state index in [4.69, 9.17) is 24.4 Å². The van der Waals surface area contributed by atoms with Crippen LogP contribution >= 0.6 is 0 Å². The van der Waals surface area contributed by atoms with Crippen LogP contribution in [0.15, 0.2) is 168 Å². The molecule has 0 radical (unpaired) electrons. The predicted molar refractivity (Wildman–Crippen MR) is 201 cm³/mol. The fraction of sp³-hybridized carbons (Fsp3) is 0. The van der Waals surface area contributed by atoms with E-state index in [1.54, 1.807) is 0 Å². The average molecular weight is 642 g/mol. The van der Waals surface area contributed by atoms with Crippen LogP contribution in [0.4, 0.5) is 0 Å². The molecule has 0 unspecified atom stereocenters. The highest BCUT2D eigenvalue weighted by molar-refractivity contribution is 6.10. The highest BCUT2D eigenvalue weighted by Gasteiger charge is 2.20. The van der Waals surface area contributed by atoms with E-state index in [-0.39, 0.29) is 0 Å². The molecule has 3 aromatic heterocycles. The Morgan fingerprint density at radius 3 is 1.92 bits per heavy atom. The normalized spacial score (nSPS) is 11.6. The quantitative estimate of drug-likeness (QED) is 0.187. The lowest BCUT2D eigenvalue weighted by Gasteiger charge is -2.10. The molecule has 6 nitrogen and oxygen atoms in total. The van der Waals surface area contributed by atoms with Gasteiger partial charge in [0.05, 0.1) is 16.6 Å². The third-order valence-electron chi connectivity index (χ3n) is 9.29. The average Bonchev–Trinajstić information content (AvgIpc) is 3.77. The van der Waals surface area contributed by atoms with E-state index in [0.717, 1.165) is 66.0 Å². The number of hydrogen-bond donors (Lipinski definition) is 0. The van der Waals surface area contributed by atoms with E-state index in [2.05, 4.69) is 89.5 Å². The second-order valence-electron chi connectivity index (χ2n) is 12.3. The number of aromatic nitrogens is 5. The van der Waals surface area contributed by atoms with E-state index >= 15 is 0 Å². The van der Waals surface area contributed by atoms with E-state index in [9.17, 15) is 0 Å². The van der Waals surface area contributed by atoms with Gasteiger partial charge < -0.3 is 8.98 Å². The third kappa shape index (κ3) is 4.58. The molecule has 0 bridgehead atoms. The van der Waals surface area contributed by atoms with Crippen LogP contribution in [0.25, 0.3) is 95.0 Å². The van der Waals surface area contributed by atoms with Crippen LogP contribution in [0.1, 0.15) is 0 Å². The maximum Gasteiger partial charge on any atom is 0.227 e. The van der Waals surface area contributed by atoms with E-state index in [0.29, 0.717) is 28.9 Å². The number of nitrogens with zero attached hydrogens (tertiary/aromatic N) is 5. The standard InChI is InChI=1S/C44H27N5O/c1-3-14-29(15-4-1)41-46-42(30-25-26-39-36(27-30)33-20-9-10-24-38(33)49(39)31-17-5-2-6-18-31)48-43(47-41)35-22-12-23-37-40(35)50-44(45-37)34-21-11-16-28-13-7-8-19-32(28)34/h1-27H. The largest absolute Gasteiger partial charge is 0.435 e. The minimum absolute atomic E-state index is 0.520. The maximum atomic E-state index is 6.58. The smallest absolute Gasteiger partial charge is 0.227 e. The first-order valence-corrected chi connectivity index (χ1v) is 16.6. The van der Waals surface area contributed by atoms with Crippen LogP contribution < -0.4 is 0 Å². The summed E-state index contributed by atoms with van der Waals surface area (Å²) in [6.07, 6.45) is 0. The lowest BCUT2D eigenvalue weighted by atomic mass is 10.0. The van der Waals surface area contributed by atoms with E-state index in [1.807, 2.05) is 78.9 Å². The molecule has 0 saturated heterocycles. The number of oxazole rings is 1. The van der Waals surface area contributed by atoms with Crippen molar-refractivity contribution < 1.29 is 4.42 Å². The highest BCUT2D eigenvalue weighted by atomic mass is 16.3. The Labute approximate surface area is 287 Å². The van der Waals surface area contributed by atoms with Gasteiger partial charge in [0.1, 0.15) is 5.52 Å². The molecule has 6 heteroatoms. The fourth-order valence-electron chi connectivity index (χ4n) is 6.96. The molecular formula is C44H27N5O. The van der Waals surface area contributed by atoms with Crippen molar-refractivity contribution in [3.63, 3.8) is 0 Å². The molecule has 0 aliphatic rings. The molecule has 0 aliphatic carbocycles. The first kappa shape index (κ1) is 28.1. The Morgan fingerprint density at radius 1 is 0.420 bits per heavy atom. The van der Waals surface area contributed by atoms with Crippen molar-refractivity contribution in [1.29, 1.82) is 0 Å². The molecular weight excluding hydrogens is 615 g/mol. The minimum Gasteiger partial charge on any atom is -0.435 e. The van der Waals surface area contributed by atoms with Crippen LogP contribution in [0, 0.1) is 0 Å². The van der Waals surface area contributed by atoms with Crippen molar-refractivity contribution in [2.24, 2.45) is 0 Å². The number of rotatable bonds is 5. The molecule has 10 aromatic rings. The van der Waals surface area contributed by atoms with Crippen molar-refractivity contribution in [1.82, 2.24) is 24.5 Å². The summed E-state index contributed by atoms with van der Waals surface area (Å²) in [4.78, 5) is 20.1. The molecule has 234 valence electrons. The van der Waals surface area contributed by atoms with Crippen LogP contribution in [0.5, 0.6) is 0 Å². The number of para-hydroxylation sites is 3. The summed E-state index contributed by atoms with van der Waals surface area (Å²) in [7, 11) is 0. The molecule has 7 aromatic carbocycles. The van der Waals surface area contributed by atoms with Gasteiger partial charge in [-0.1, -0.05) is 109 Å². The van der Waals surface area contributed by atoms with Gasteiger partial charge in [-0.2, -0.15) is 0 Å². The first-order chi connectivity index (χ1) is 24.8. The molecule has 0 atom stereocenters. The Bertz CT molecular complexity index is 2870. The van der Waals surface area contributed by atoms with Gasteiger partial charge in [-0.3, -0.25) is 0 Å². The Morgan fingerprint density at radius 2 is 1.06 bits per heavy atom. The van der Waals surface area contributed by atoms with Gasteiger partial charge >= 0.3 is 0 Å². The Hall–Kier alpha value is -6.92. The summed E-state index contributed by atoms with van der Waals surface area (Å²) < 4.78 is 8.88. The number of hydrogen-bond acceptors (Lipinski definition) is 5. The van der Waals surface area contributed by atoms with Crippen molar-refractivity contribution >= 4 is 43.7 Å². The molecule has 0 amide bonds. The van der Waals surface area contributed by atoms with E-state index in [1.165, 1.54) is 0 Å². The van der Waals surface area contributed by atoms with Gasteiger partial charge in [-0.25, -0.2) is 19.9 Å². The van der Waals surface area contributed by atoms with Crippen molar-refractivity contribution in [2.45, 2.75) is 0 Å². The lowest BCUT2D eigenvalue weighted by molar-refractivity contribution is 0.621. The van der Waals surface area contributed by atoms with Crippen molar-refractivity contribution in [3.05, 3.63) is 164 Å². The number of benzene rings is 7. The van der Waals surface area contributed by atoms with Gasteiger partial charge in [0.25, 0.3) is 0 Å². The highest BCUT2D eigenvalue weighted by Crippen LogP contribution is 2.37. The molecule has 3 heterocycles. The summed E-state index contributed by atoms with van der Waals surface area (Å²) in [5.74, 6) is 2.25. The Balaban J connectivity index is 1.17. The summed E-state index contributed by atoms with van der Waals surface area (Å²) >= 11 is 0. The SMILES string of the molecule is c1ccc(-c2nc(-c3ccc4c(c3)c3ccccc3n4-c3ccccc3)nc(-c3cccc4nc(-c5cccc6ccccc56)oc34)n2)cc1. The fourth-order valence-corrected chi connectivity index (χ4v) is 6.96.